The van der Waals surface area contributed by atoms with Crippen molar-refractivity contribution in [2.24, 2.45) is 5.92 Å². The zero-order chi connectivity index (χ0) is 15.0. The molecule has 0 aromatic carbocycles. The molecule has 1 saturated heterocycles. The van der Waals surface area contributed by atoms with Crippen molar-refractivity contribution in [3.05, 3.63) is 5.89 Å². The SMILES string of the molecule is CC1CCN(CC(=O)Nc2nnc(C3CC3)o2)C1C(=O)O. The molecule has 1 amide bonds. The van der Waals surface area contributed by atoms with E-state index in [0.717, 1.165) is 19.3 Å². The van der Waals surface area contributed by atoms with Crippen molar-refractivity contribution in [2.75, 3.05) is 18.4 Å². The fourth-order valence-electron chi connectivity index (χ4n) is 2.73. The molecule has 1 aliphatic carbocycles. The molecule has 8 heteroatoms. The van der Waals surface area contributed by atoms with Gasteiger partial charge in [0.1, 0.15) is 6.04 Å². The number of hydrogen-bond acceptors (Lipinski definition) is 6. The van der Waals surface area contributed by atoms with Gasteiger partial charge in [-0.3, -0.25) is 19.8 Å². The fourth-order valence-corrected chi connectivity index (χ4v) is 2.73. The fraction of sp³-hybridized carbons (Fsp3) is 0.692. The maximum absolute atomic E-state index is 12.0. The Kier molecular flexibility index (Phi) is 3.62. The van der Waals surface area contributed by atoms with Gasteiger partial charge in [-0.1, -0.05) is 12.0 Å². The molecule has 2 unspecified atom stereocenters. The number of amides is 1. The van der Waals surface area contributed by atoms with Crippen LogP contribution in [0.2, 0.25) is 0 Å². The highest BCUT2D eigenvalue weighted by atomic mass is 16.4. The molecule has 1 aromatic heterocycles. The second-order valence-electron chi connectivity index (χ2n) is 5.79. The third kappa shape index (κ3) is 3.05. The molecule has 3 rings (SSSR count). The largest absolute Gasteiger partial charge is 0.480 e. The van der Waals surface area contributed by atoms with Crippen LogP contribution in [0.5, 0.6) is 0 Å². The molecular formula is C13H18N4O4. The highest BCUT2D eigenvalue weighted by Crippen LogP contribution is 2.39. The highest BCUT2D eigenvalue weighted by molar-refractivity contribution is 5.90. The lowest BCUT2D eigenvalue weighted by Gasteiger charge is -2.21. The van der Waals surface area contributed by atoms with E-state index in [0.29, 0.717) is 18.4 Å². The van der Waals surface area contributed by atoms with E-state index in [1.54, 1.807) is 4.90 Å². The number of rotatable bonds is 5. The van der Waals surface area contributed by atoms with Crippen molar-refractivity contribution in [3.8, 4) is 0 Å². The lowest BCUT2D eigenvalue weighted by Crippen LogP contribution is -2.43. The minimum atomic E-state index is -0.887. The van der Waals surface area contributed by atoms with Crippen molar-refractivity contribution >= 4 is 17.9 Å². The number of nitrogens with one attached hydrogen (secondary N) is 1. The number of carboxylic acid groups (broad SMARTS) is 1. The molecule has 0 spiro atoms. The van der Waals surface area contributed by atoms with Gasteiger partial charge in [0.2, 0.25) is 11.8 Å². The van der Waals surface area contributed by atoms with Crippen LogP contribution < -0.4 is 5.32 Å². The molecule has 1 aliphatic heterocycles. The first kappa shape index (κ1) is 14.0. The van der Waals surface area contributed by atoms with E-state index in [9.17, 15) is 14.7 Å². The monoisotopic (exact) mass is 294 g/mol. The maximum Gasteiger partial charge on any atom is 0.322 e. The lowest BCUT2D eigenvalue weighted by atomic mass is 10.0. The van der Waals surface area contributed by atoms with Gasteiger partial charge in [-0.15, -0.1) is 5.10 Å². The molecule has 0 radical (unpaired) electrons. The second kappa shape index (κ2) is 5.44. The third-order valence-corrected chi connectivity index (χ3v) is 4.02. The van der Waals surface area contributed by atoms with E-state index >= 15 is 0 Å². The van der Waals surface area contributed by atoms with Crippen molar-refractivity contribution in [3.63, 3.8) is 0 Å². The topological polar surface area (TPSA) is 109 Å². The Morgan fingerprint density at radius 3 is 2.81 bits per heavy atom. The van der Waals surface area contributed by atoms with Gasteiger partial charge in [0.15, 0.2) is 0 Å². The summed E-state index contributed by atoms with van der Waals surface area (Å²) >= 11 is 0. The Hall–Kier alpha value is -1.96. The van der Waals surface area contributed by atoms with Crippen LogP contribution in [0.15, 0.2) is 4.42 Å². The van der Waals surface area contributed by atoms with E-state index in [1.807, 2.05) is 6.92 Å². The first-order valence-electron chi connectivity index (χ1n) is 7.14. The van der Waals surface area contributed by atoms with Gasteiger partial charge >= 0.3 is 12.0 Å². The standard InChI is InChI=1S/C13H18N4O4/c1-7-4-5-17(10(7)12(19)20)6-9(18)14-13-16-15-11(21-13)8-2-3-8/h7-8,10H,2-6H2,1H3,(H,19,20)(H,14,16,18). The minimum absolute atomic E-state index is 0.0163. The van der Waals surface area contributed by atoms with Crippen molar-refractivity contribution < 1.29 is 19.1 Å². The average molecular weight is 294 g/mol. The Bertz CT molecular complexity index is 554. The molecule has 1 aromatic rings. The molecule has 114 valence electrons. The molecule has 2 aliphatic rings. The summed E-state index contributed by atoms with van der Waals surface area (Å²) in [5, 5.41) is 19.4. The van der Waals surface area contributed by atoms with E-state index in [1.165, 1.54) is 0 Å². The molecule has 2 heterocycles. The molecule has 2 fully saturated rings. The van der Waals surface area contributed by atoms with Gasteiger partial charge in [-0.05, 0) is 31.7 Å². The second-order valence-corrected chi connectivity index (χ2v) is 5.79. The van der Waals surface area contributed by atoms with Crippen molar-refractivity contribution in [1.29, 1.82) is 0 Å². The van der Waals surface area contributed by atoms with Crippen LogP contribution in [0, 0.1) is 5.92 Å². The smallest absolute Gasteiger partial charge is 0.322 e. The summed E-state index contributed by atoms with van der Waals surface area (Å²) in [6.45, 7) is 2.50. The lowest BCUT2D eigenvalue weighted by molar-refractivity contribution is -0.143. The number of likely N-dealkylation sites (tertiary alicyclic amines) is 1. The molecule has 1 saturated carbocycles. The van der Waals surface area contributed by atoms with Crippen LogP contribution in [0.4, 0.5) is 6.01 Å². The summed E-state index contributed by atoms with van der Waals surface area (Å²) < 4.78 is 5.35. The quantitative estimate of drug-likeness (QED) is 0.822. The summed E-state index contributed by atoms with van der Waals surface area (Å²) in [4.78, 5) is 24.9. The Morgan fingerprint density at radius 1 is 1.38 bits per heavy atom. The van der Waals surface area contributed by atoms with Crippen LogP contribution in [-0.4, -0.2) is 51.2 Å². The number of carboxylic acids is 1. The summed E-state index contributed by atoms with van der Waals surface area (Å²) in [7, 11) is 0. The molecule has 21 heavy (non-hydrogen) atoms. The van der Waals surface area contributed by atoms with Crippen LogP contribution in [0.1, 0.15) is 38.0 Å². The highest BCUT2D eigenvalue weighted by Gasteiger charge is 2.37. The molecule has 0 bridgehead atoms. The van der Waals surface area contributed by atoms with Crippen LogP contribution >= 0.6 is 0 Å². The maximum atomic E-state index is 12.0. The summed E-state index contributed by atoms with van der Waals surface area (Å²) in [5.74, 6) is -0.286. The van der Waals surface area contributed by atoms with Crippen LogP contribution in [0.3, 0.4) is 0 Å². The number of aliphatic carboxylic acids is 1. The van der Waals surface area contributed by atoms with Gasteiger partial charge in [-0.25, -0.2) is 0 Å². The number of carbonyl (C=O) groups excluding carboxylic acids is 1. The zero-order valence-electron chi connectivity index (χ0n) is 11.8. The van der Waals surface area contributed by atoms with Crippen LogP contribution in [0.25, 0.3) is 0 Å². The summed E-state index contributed by atoms with van der Waals surface area (Å²) in [6, 6.07) is -0.526. The van der Waals surface area contributed by atoms with Gasteiger partial charge in [0, 0.05) is 5.92 Å². The van der Waals surface area contributed by atoms with Gasteiger partial charge in [-0.2, -0.15) is 0 Å². The van der Waals surface area contributed by atoms with Gasteiger partial charge < -0.3 is 9.52 Å². The Labute approximate surface area is 121 Å². The normalized spacial score (nSPS) is 26.0. The Morgan fingerprint density at radius 2 is 2.14 bits per heavy atom. The number of carbonyl (C=O) groups is 2. The summed E-state index contributed by atoms with van der Waals surface area (Å²) in [6.07, 6.45) is 2.86. The number of anilines is 1. The zero-order valence-corrected chi connectivity index (χ0v) is 11.8. The minimum Gasteiger partial charge on any atom is -0.480 e. The molecular weight excluding hydrogens is 276 g/mol. The van der Waals surface area contributed by atoms with E-state index in [4.69, 9.17) is 4.42 Å². The molecule has 2 N–H and O–H groups in total. The first-order chi connectivity index (χ1) is 10.0. The first-order valence-corrected chi connectivity index (χ1v) is 7.14. The number of hydrogen-bond donors (Lipinski definition) is 2. The van der Waals surface area contributed by atoms with Gasteiger partial charge in [0.25, 0.3) is 0 Å². The van der Waals surface area contributed by atoms with Crippen molar-refractivity contribution in [1.82, 2.24) is 15.1 Å². The van der Waals surface area contributed by atoms with E-state index < -0.39 is 12.0 Å². The van der Waals surface area contributed by atoms with E-state index in [-0.39, 0.29) is 24.4 Å². The predicted molar refractivity (Wildman–Crippen MR) is 71.7 cm³/mol. The predicted octanol–water partition coefficient (Wildman–Crippen LogP) is 0.680. The molecule has 8 nitrogen and oxygen atoms in total. The number of aromatic nitrogens is 2. The number of nitrogens with zero attached hydrogens (tertiary/aromatic N) is 3. The van der Waals surface area contributed by atoms with Gasteiger partial charge in [0.05, 0.1) is 6.54 Å². The Balaban J connectivity index is 1.56. The van der Waals surface area contributed by atoms with Crippen LogP contribution in [-0.2, 0) is 9.59 Å². The third-order valence-electron chi connectivity index (χ3n) is 4.02. The van der Waals surface area contributed by atoms with E-state index in [2.05, 4.69) is 15.5 Å². The van der Waals surface area contributed by atoms with Crippen molar-refractivity contribution in [2.45, 2.75) is 38.1 Å². The summed E-state index contributed by atoms with van der Waals surface area (Å²) in [5.41, 5.74) is 0. The average Bonchev–Trinajstić information content (AvgIpc) is 3.06. The molecule has 2 atom stereocenters.